The Labute approximate surface area is 129 Å². The third kappa shape index (κ3) is 5.13. The fraction of sp³-hybridized carbons (Fsp3) is 0.765. The molecular weight excluding hydrogens is 262 g/mol. The lowest BCUT2D eigenvalue weighted by Crippen LogP contribution is -2.45. The zero-order valence-corrected chi connectivity index (χ0v) is 14.3. The summed E-state index contributed by atoms with van der Waals surface area (Å²) in [5.74, 6) is 2.11. The normalized spacial score (nSPS) is 18.3. The number of nitrogens with one attached hydrogen (secondary N) is 1. The summed E-state index contributed by atoms with van der Waals surface area (Å²) >= 11 is 0. The van der Waals surface area contributed by atoms with Crippen LogP contribution >= 0.6 is 0 Å². The lowest BCUT2D eigenvalue weighted by Gasteiger charge is -2.33. The van der Waals surface area contributed by atoms with Crippen LogP contribution in [0.15, 0.2) is 10.5 Å². The lowest BCUT2D eigenvalue weighted by molar-refractivity contribution is 0.131. The number of nitrogens with zero attached hydrogens (tertiary/aromatic N) is 2. The van der Waals surface area contributed by atoms with Crippen molar-refractivity contribution in [3.05, 3.63) is 23.2 Å². The van der Waals surface area contributed by atoms with Crippen molar-refractivity contribution in [3.63, 3.8) is 0 Å². The highest BCUT2D eigenvalue weighted by Crippen LogP contribution is 2.18. The van der Waals surface area contributed by atoms with Crippen LogP contribution in [0.2, 0.25) is 0 Å². The first-order chi connectivity index (χ1) is 9.87. The minimum Gasteiger partial charge on any atom is -0.465 e. The number of aryl methyl sites for hydroxylation is 1. The van der Waals surface area contributed by atoms with Crippen molar-refractivity contribution in [2.75, 3.05) is 32.7 Å². The zero-order valence-electron chi connectivity index (χ0n) is 14.3. The van der Waals surface area contributed by atoms with Crippen molar-refractivity contribution in [1.82, 2.24) is 15.1 Å². The lowest BCUT2D eigenvalue weighted by atomic mass is 10.1. The Morgan fingerprint density at radius 1 is 1.14 bits per heavy atom. The van der Waals surface area contributed by atoms with E-state index in [-0.39, 0.29) is 5.54 Å². The Hall–Kier alpha value is -0.840. The Balaban J connectivity index is 1.88. The summed E-state index contributed by atoms with van der Waals surface area (Å²) in [5.41, 5.74) is 1.46. The van der Waals surface area contributed by atoms with Crippen LogP contribution in [-0.4, -0.2) is 48.1 Å². The molecular formula is C17H31N3O. The minimum atomic E-state index is 0.122. The van der Waals surface area contributed by atoms with Gasteiger partial charge in [-0.05, 0) is 40.3 Å². The molecule has 4 heteroatoms. The van der Waals surface area contributed by atoms with E-state index in [0.29, 0.717) is 0 Å². The SMILES string of the molecule is CCN1CCN(Cc2cc(CNC(C)(C)C)oc2C)CC1. The van der Waals surface area contributed by atoms with Gasteiger partial charge in [0.15, 0.2) is 0 Å². The highest BCUT2D eigenvalue weighted by atomic mass is 16.3. The Bertz CT molecular complexity index is 439. The number of furan rings is 1. The number of hydrogen-bond donors (Lipinski definition) is 1. The van der Waals surface area contributed by atoms with Gasteiger partial charge in [0.2, 0.25) is 0 Å². The Morgan fingerprint density at radius 3 is 2.33 bits per heavy atom. The van der Waals surface area contributed by atoms with Crippen LogP contribution in [0.5, 0.6) is 0 Å². The predicted octanol–water partition coefficient (Wildman–Crippen LogP) is 2.61. The molecule has 0 aliphatic carbocycles. The van der Waals surface area contributed by atoms with Gasteiger partial charge in [0.05, 0.1) is 6.54 Å². The van der Waals surface area contributed by atoms with E-state index in [1.807, 2.05) is 0 Å². The highest BCUT2D eigenvalue weighted by Gasteiger charge is 2.18. The van der Waals surface area contributed by atoms with Crippen LogP contribution < -0.4 is 5.32 Å². The molecule has 4 nitrogen and oxygen atoms in total. The van der Waals surface area contributed by atoms with Crippen LogP contribution in [0.3, 0.4) is 0 Å². The molecule has 0 unspecified atom stereocenters. The third-order valence-corrected chi connectivity index (χ3v) is 4.17. The summed E-state index contributed by atoms with van der Waals surface area (Å²) in [6.07, 6.45) is 0. The van der Waals surface area contributed by atoms with Crippen molar-refractivity contribution in [2.45, 2.75) is 53.2 Å². The van der Waals surface area contributed by atoms with Gasteiger partial charge in [-0.25, -0.2) is 0 Å². The molecule has 1 aliphatic rings. The maximum Gasteiger partial charge on any atom is 0.118 e. The number of likely N-dealkylation sites (N-methyl/N-ethyl adjacent to an activating group) is 1. The first kappa shape index (κ1) is 16.5. The van der Waals surface area contributed by atoms with E-state index in [9.17, 15) is 0 Å². The molecule has 1 fully saturated rings. The van der Waals surface area contributed by atoms with E-state index in [0.717, 1.165) is 37.7 Å². The second kappa shape index (κ2) is 6.95. The van der Waals surface area contributed by atoms with Crippen LogP contribution in [0.25, 0.3) is 0 Å². The first-order valence-corrected chi connectivity index (χ1v) is 8.15. The monoisotopic (exact) mass is 293 g/mol. The largest absolute Gasteiger partial charge is 0.465 e. The molecule has 0 bridgehead atoms. The summed E-state index contributed by atoms with van der Waals surface area (Å²) < 4.78 is 5.89. The molecule has 1 aromatic heterocycles. The van der Waals surface area contributed by atoms with E-state index in [1.165, 1.54) is 25.2 Å². The van der Waals surface area contributed by atoms with E-state index in [1.54, 1.807) is 0 Å². The fourth-order valence-corrected chi connectivity index (χ4v) is 2.69. The maximum atomic E-state index is 5.89. The van der Waals surface area contributed by atoms with Crippen molar-refractivity contribution in [1.29, 1.82) is 0 Å². The molecule has 0 aromatic carbocycles. The predicted molar refractivity (Wildman–Crippen MR) is 87.4 cm³/mol. The maximum absolute atomic E-state index is 5.89. The van der Waals surface area contributed by atoms with Gasteiger partial charge in [0.1, 0.15) is 11.5 Å². The molecule has 2 rings (SSSR count). The van der Waals surface area contributed by atoms with Gasteiger partial charge in [-0.2, -0.15) is 0 Å². The van der Waals surface area contributed by atoms with Gasteiger partial charge >= 0.3 is 0 Å². The van der Waals surface area contributed by atoms with Gasteiger partial charge in [-0.3, -0.25) is 4.90 Å². The summed E-state index contributed by atoms with van der Waals surface area (Å²) in [5, 5.41) is 3.48. The van der Waals surface area contributed by atoms with Crippen molar-refractivity contribution >= 4 is 0 Å². The number of hydrogen-bond acceptors (Lipinski definition) is 4. The smallest absolute Gasteiger partial charge is 0.118 e. The molecule has 1 aliphatic heterocycles. The summed E-state index contributed by atoms with van der Waals surface area (Å²) in [6.45, 7) is 18.5. The second-order valence-electron chi connectivity index (χ2n) is 7.11. The molecule has 1 N–H and O–H groups in total. The Morgan fingerprint density at radius 2 is 1.76 bits per heavy atom. The molecule has 0 radical (unpaired) electrons. The molecule has 0 spiro atoms. The summed E-state index contributed by atoms with van der Waals surface area (Å²) in [7, 11) is 0. The van der Waals surface area contributed by atoms with E-state index < -0.39 is 0 Å². The van der Waals surface area contributed by atoms with Gasteiger partial charge in [-0.1, -0.05) is 6.92 Å². The minimum absolute atomic E-state index is 0.122. The molecule has 0 atom stereocenters. The fourth-order valence-electron chi connectivity index (χ4n) is 2.69. The molecule has 21 heavy (non-hydrogen) atoms. The highest BCUT2D eigenvalue weighted by molar-refractivity contribution is 5.21. The quantitative estimate of drug-likeness (QED) is 0.904. The van der Waals surface area contributed by atoms with Gasteiger partial charge < -0.3 is 14.6 Å². The number of rotatable bonds is 5. The van der Waals surface area contributed by atoms with Crippen LogP contribution in [0.1, 0.15) is 44.8 Å². The Kier molecular flexibility index (Phi) is 5.47. The molecule has 0 amide bonds. The van der Waals surface area contributed by atoms with Crippen molar-refractivity contribution in [3.8, 4) is 0 Å². The zero-order chi connectivity index (χ0) is 15.5. The topological polar surface area (TPSA) is 31.6 Å². The van der Waals surface area contributed by atoms with Gasteiger partial charge in [0, 0.05) is 43.8 Å². The summed E-state index contributed by atoms with van der Waals surface area (Å²) in [6, 6.07) is 2.22. The van der Waals surface area contributed by atoms with E-state index >= 15 is 0 Å². The van der Waals surface area contributed by atoms with Crippen LogP contribution in [0.4, 0.5) is 0 Å². The number of piperazine rings is 1. The third-order valence-electron chi connectivity index (χ3n) is 4.17. The van der Waals surface area contributed by atoms with Gasteiger partial charge in [-0.15, -0.1) is 0 Å². The standard InChI is InChI=1S/C17H31N3O/c1-6-19-7-9-20(10-8-19)13-15-11-16(21-14(15)2)12-18-17(3,4)5/h11,18H,6-10,12-13H2,1-5H3. The first-order valence-electron chi connectivity index (χ1n) is 8.15. The van der Waals surface area contributed by atoms with Crippen molar-refractivity contribution < 1.29 is 4.42 Å². The van der Waals surface area contributed by atoms with Crippen LogP contribution in [-0.2, 0) is 13.1 Å². The van der Waals surface area contributed by atoms with E-state index in [4.69, 9.17) is 4.42 Å². The van der Waals surface area contributed by atoms with Crippen molar-refractivity contribution in [2.24, 2.45) is 0 Å². The summed E-state index contributed by atoms with van der Waals surface area (Å²) in [4.78, 5) is 5.04. The molecule has 120 valence electrons. The molecule has 1 saturated heterocycles. The van der Waals surface area contributed by atoms with Crippen LogP contribution in [0, 0.1) is 6.92 Å². The molecule has 0 saturated carbocycles. The average Bonchev–Trinajstić information content (AvgIpc) is 2.77. The average molecular weight is 293 g/mol. The van der Waals surface area contributed by atoms with Gasteiger partial charge in [0.25, 0.3) is 0 Å². The van der Waals surface area contributed by atoms with E-state index in [2.05, 4.69) is 55.8 Å². The molecule has 1 aromatic rings. The molecule has 2 heterocycles. The second-order valence-corrected chi connectivity index (χ2v) is 7.11.